The van der Waals surface area contributed by atoms with Crippen LogP contribution in [-0.4, -0.2) is 12.6 Å². The third-order valence-electron chi connectivity index (χ3n) is 5.47. The molecule has 1 aliphatic rings. The van der Waals surface area contributed by atoms with Crippen LogP contribution in [0.4, 0.5) is 0 Å². The van der Waals surface area contributed by atoms with E-state index in [4.69, 9.17) is 0 Å². The zero-order valence-electron chi connectivity index (χ0n) is 15.0. The number of hydrogen-bond donors (Lipinski definition) is 1. The number of nitrogens with one attached hydrogen (secondary N) is 1. The second kappa shape index (κ2) is 8.41. The van der Waals surface area contributed by atoms with Crippen molar-refractivity contribution >= 4 is 0 Å². The lowest BCUT2D eigenvalue weighted by molar-refractivity contribution is 0.126. The smallest absolute Gasteiger partial charge is 0.00977 e. The quantitative estimate of drug-likeness (QED) is 0.636. The fraction of sp³-hybridized carbons (Fsp3) is 1.00. The highest BCUT2D eigenvalue weighted by atomic mass is 14.9. The normalized spacial score (nSPS) is 27.3. The molecule has 0 saturated heterocycles. The summed E-state index contributed by atoms with van der Waals surface area (Å²) < 4.78 is 0. The average molecular weight is 282 g/mol. The van der Waals surface area contributed by atoms with Crippen LogP contribution in [0.3, 0.4) is 0 Å². The minimum Gasteiger partial charge on any atom is -0.314 e. The zero-order valence-corrected chi connectivity index (χ0v) is 15.0. The van der Waals surface area contributed by atoms with Gasteiger partial charge in [-0.2, -0.15) is 0 Å². The van der Waals surface area contributed by atoms with E-state index < -0.39 is 0 Å². The van der Waals surface area contributed by atoms with Crippen LogP contribution in [0.1, 0.15) is 86.5 Å². The molecule has 0 heterocycles. The van der Waals surface area contributed by atoms with E-state index >= 15 is 0 Å². The highest BCUT2D eigenvalue weighted by Gasteiger charge is 2.32. The van der Waals surface area contributed by atoms with Gasteiger partial charge in [-0.25, -0.2) is 0 Å². The largest absolute Gasteiger partial charge is 0.314 e. The molecule has 0 amide bonds. The van der Waals surface area contributed by atoms with Crippen LogP contribution >= 0.6 is 0 Å². The Labute approximate surface area is 128 Å². The maximum Gasteiger partial charge on any atom is 0.00977 e. The molecule has 2 unspecified atom stereocenters. The molecule has 1 nitrogen and oxygen atoms in total. The van der Waals surface area contributed by atoms with E-state index in [9.17, 15) is 0 Å². The van der Waals surface area contributed by atoms with Crippen molar-refractivity contribution in [2.24, 2.45) is 23.2 Å². The molecule has 0 spiro atoms. The van der Waals surface area contributed by atoms with E-state index in [2.05, 4.69) is 46.9 Å². The summed E-state index contributed by atoms with van der Waals surface area (Å²) in [6.07, 6.45) is 9.87. The number of hydrogen-bond acceptors (Lipinski definition) is 1. The van der Waals surface area contributed by atoms with Gasteiger partial charge in [-0.15, -0.1) is 0 Å². The molecule has 0 aliphatic heterocycles. The van der Waals surface area contributed by atoms with Crippen molar-refractivity contribution in [3.05, 3.63) is 0 Å². The van der Waals surface area contributed by atoms with Gasteiger partial charge in [0, 0.05) is 6.04 Å². The Morgan fingerprint density at radius 1 is 1.05 bits per heavy atom. The van der Waals surface area contributed by atoms with E-state index in [1.54, 1.807) is 0 Å². The van der Waals surface area contributed by atoms with E-state index in [1.807, 2.05) is 0 Å². The second-order valence-corrected chi connectivity index (χ2v) is 8.27. The summed E-state index contributed by atoms with van der Waals surface area (Å²) in [5, 5.41) is 3.80. The van der Waals surface area contributed by atoms with Crippen LogP contribution in [-0.2, 0) is 0 Å². The molecule has 0 aromatic rings. The van der Waals surface area contributed by atoms with Crippen molar-refractivity contribution in [3.8, 4) is 0 Å². The van der Waals surface area contributed by atoms with Gasteiger partial charge in [-0.1, -0.05) is 54.4 Å². The first kappa shape index (κ1) is 18.0. The molecule has 120 valence electrons. The van der Waals surface area contributed by atoms with Crippen LogP contribution < -0.4 is 5.32 Å². The minimum atomic E-state index is 0.508. The molecule has 1 N–H and O–H groups in total. The van der Waals surface area contributed by atoms with Crippen LogP contribution in [0.15, 0.2) is 0 Å². The van der Waals surface area contributed by atoms with Gasteiger partial charge in [0.25, 0.3) is 0 Å². The Morgan fingerprint density at radius 3 is 2.10 bits per heavy atom. The first-order valence-electron chi connectivity index (χ1n) is 9.11. The molecule has 2 atom stereocenters. The van der Waals surface area contributed by atoms with Gasteiger partial charge in [-0.05, 0) is 61.8 Å². The Kier molecular flexibility index (Phi) is 7.58. The molecular formula is C19H39N. The summed E-state index contributed by atoms with van der Waals surface area (Å²) in [6, 6.07) is 0.766. The molecule has 1 aliphatic carbocycles. The lowest BCUT2D eigenvalue weighted by Gasteiger charge is -2.40. The molecule has 0 aromatic heterocycles. The Hall–Kier alpha value is -0.0400. The lowest BCUT2D eigenvalue weighted by Crippen LogP contribution is -2.40. The summed E-state index contributed by atoms with van der Waals surface area (Å²) in [6.45, 7) is 15.4. The first-order chi connectivity index (χ1) is 9.38. The van der Waals surface area contributed by atoms with E-state index in [-0.39, 0.29) is 0 Å². The summed E-state index contributed by atoms with van der Waals surface area (Å²) >= 11 is 0. The Balaban J connectivity index is 2.49. The van der Waals surface area contributed by atoms with Crippen LogP contribution in [0.5, 0.6) is 0 Å². The van der Waals surface area contributed by atoms with E-state index in [0.717, 1.165) is 30.3 Å². The zero-order chi connectivity index (χ0) is 15.2. The standard InChI is InChI=1S/C19H39N/c1-7-9-15(3)14-18(20-8-2)16-10-12-17(13-11-16)19(4,5)6/h15-18,20H,7-14H2,1-6H3. The Bertz CT molecular complexity index is 245. The van der Waals surface area contributed by atoms with Gasteiger partial charge in [0.15, 0.2) is 0 Å². The van der Waals surface area contributed by atoms with Gasteiger partial charge in [0.05, 0.1) is 0 Å². The van der Waals surface area contributed by atoms with E-state index in [1.165, 1.54) is 44.9 Å². The highest BCUT2D eigenvalue weighted by Crippen LogP contribution is 2.41. The monoisotopic (exact) mass is 281 g/mol. The average Bonchev–Trinajstić information content (AvgIpc) is 2.38. The highest BCUT2D eigenvalue weighted by molar-refractivity contribution is 4.86. The third kappa shape index (κ3) is 5.76. The summed E-state index contributed by atoms with van der Waals surface area (Å²) in [7, 11) is 0. The van der Waals surface area contributed by atoms with Crippen molar-refractivity contribution in [3.63, 3.8) is 0 Å². The van der Waals surface area contributed by atoms with Gasteiger partial charge in [0.2, 0.25) is 0 Å². The van der Waals surface area contributed by atoms with Crippen molar-refractivity contribution in [2.45, 2.75) is 92.5 Å². The van der Waals surface area contributed by atoms with Crippen LogP contribution in [0, 0.1) is 23.2 Å². The van der Waals surface area contributed by atoms with Gasteiger partial charge >= 0.3 is 0 Å². The SMILES string of the molecule is CCCC(C)CC(NCC)C1CCC(C(C)(C)C)CC1. The summed E-state index contributed by atoms with van der Waals surface area (Å²) in [4.78, 5) is 0. The number of rotatable bonds is 7. The Morgan fingerprint density at radius 2 is 1.65 bits per heavy atom. The van der Waals surface area contributed by atoms with Crippen molar-refractivity contribution in [1.82, 2.24) is 5.32 Å². The van der Waals surface area contributed by atoms with Gasteiger partial charge < -0.3 is 5.32 Å². The lowest BCUT2D eigenvalue weighted by atomic mass is 9.68. The maximum atomic E-state index is 3.80. The van der Waals surface area contributed by atoms with E-state index in [0.29, 0.717) is 5.41 Å². The summed E-state index contributed by atoms with van der Waals surface area (Å²) in [5.74, 6) is 2.74. The molecule has 0 aromatic carbocycles. The first-order valence-corrected chi connectivity index (χ1v) is 9.11. The molecule has 0 bridgehead atoms. The third-order valence-corrected chi connectivity index (χ3v) is 5.47. The van der Waals surface area contributed by atoms with Crippen molar-refractivity contribution in [1.29, 1.82) is 0 Å². The molecular weight excluding hydrogens is 242 g/mol. The molecule has 1 heteroatoms. The molecule has 20 heavy (non-hydrogen) atoms. The van der Waals surface area contributed by atoms with Crippen LogP contribution in [0.25, 0.3) is 0 Å². The van der Waals surface area contributed by atoms with Crippen molar-refractivity contribution in [2.75, 3.05) is 6.54 Å². The van der Waals surface area contributed by atoms with Crippen molar-refractivity contribution < 1.29 is 0 Å². The molecule has 0 radical (unpaired) electrons. The topological polar surface area (TPSA) is 12.0 Å². The molecule has 1 fully saturated rings. The summed E-state index contributed by atoms with van der Waals surface area (Å²) in [5.41, 5.74) is 0.508. The van der Waals surface area contributed by atoms with Gasteiger partial charge in [-0.3, -0.25) is 0 Å². The predicted octanol–water partition coefficient (Wildman–Crippen LogP) is 5.64. The minimum absolute atomic E-state index is 0.508. The predicted molar refractivity (Wildman–Crippen MR) is 91.1 cm³/mol. The fourth-order valence-corrected chi connectivity index (χ4v) is 4.14. The molecule has 1 rings (SSSR count). The van der Waals surface area contributed by atoms with Crippen LogP contribution in [0.2, 0.25) is 0 Å². The second-order valence-electron chi connectivity index (χ2n) is 8.27. The molecule has 1 saturated carbocycles. The van der Waals surface area contributed by atoms with Gasteiger partial charge in [0.1, 0.15) is 0 Å². The fourth-order valence-electron chi connectivity index (χ4n) is 4.14. The maximum absolute atomic E-state index is 3.80.